The van der Waals surface area contributed by atoms with Crippen LogP contribution in [0.2, 0.25) is 0 Å². The first kappa shape index (κ1) is 17.0. The van der Waals surface area contributed by atoms with E-state index in [9.17, 15) is 9.59 Å². The number of nitrogens with one attached hydrogen (secondary N) is 1. The summed E-state index contributed by atoms with van der Waals surface area (Å²) in [5.74, 6) is -2.38. The quantitative estimate of drug-likeness (QED) is 0.715. The molecule has 0 amide bonds. The van der Waals surface area contributed by atoms with E-state index in [1.807, 2.05) is 14.1 Å². The van der Waals surface area contributed by atoms with Crippen molar-refractivity contribution in [3.8, 4) is 0 Å². The second-order valence-corrected chi connectivity index (χ2v) is 5.14. The molecular formula is C13H16N2O5S. The van der Waals surface area contributed by atoms with Gasteiger partial charge < -0.3 is 19.9 Å². The zero-order valence-corrected chi connectivity index (χ0v) is 12.4. The molecule has 2 rings (SSSR count). The highest BCUT2D eigenvalue weighted by Crippen LogP contribution is 2.28. The Morgan fingerprint density at radius 2 is 1.95 bits per heavy atom. The standard InChI is InChI=1S/C11H9NO5S.C2H7N/c13-9(14)5-8(10(15)16)18-11-12-6-3-1-2-4-7(6)17-11;1-3-2/h1-4,8H,5H2,(H,13,14)(H,15,16);3H,1-2H3. The van der Waals surface area contributed by atoms with Crippen molar-refractivity contribution < 1.29 is 24.2 Å². The number of oxazole rings is 1. The average Bonchev–Trinajstić information content (AvgIpc) is 2.80. The van der Waals surface area contributed by atoms with Gasteiger partial charge in [0, 0.05) is 0 Å². The van der Waals surface area contributed by atoms with Crippen molar-refractivity contribution in [2.24, 2.45) is 0 Å². The molecule has 0 saturated carbocycles. The number of nitrogens with zero attached hydrogens (tertiary/aromatic N) is 1. The fraction of sp³-hybridized carbons (Fsp3) is 0.308. The number of aliphatic carboxylic acids is 2. The molecule has 1 aromatic carbocycles. The fourth-order valence-corrected chi connectivity index (χ4v) is 2.22. The van der Waals surface area contributed by atoms with Crippen molar-refractivity contribution in [1.82, 2.24) is 10.3 Å². The molecule has 0 spiro atoms. The number of hydrogen-bond acceptors (Lipinski definition) is 6. The molecule has 0 bridgehead atoms. The lowest BCUT2D eigenvalue weighted by atomic mass is 10.3. The van der Waals surface area contributed by atoms with E-state index in [0.717, 1.165) is 11.8 Å². The number of fused-ring (bicyclic) bond motifs is 1. The minimum atomic E-state index is -1.20. The number of para-hydroxylation sites is 2. The molecule has 114 valence electrons. The summed E-state index contributed by atoms with van der Waals surface area (Å²) in [5.41, 5.74) is 1.15. The predicted molar refractivity (Wildman–Crippen MR) is 78.5 cm³/mol. The first-order chi connectivity index (χ1) is 9.97. The van der Waals surface area contributed by atoms with Crippen LogP contribution in [-0.4, -0.2) is 46.5 Å². The third kappa shape index (κ3) is 5.44. The van der Waals surface area contributed by atoms with Crippen LogP contribution >= 0.6 is 11.8 Å². The number of benzene rings is 1. The SMILES string of the molecule is CNC.O=C(O)CC(Sc1nc2ccccc2o1)C(=O)O. The van der Waals surface area contributed by atoms with Gasteiger partial charge in [0.2, 0.25) is 0 Å². The minimum Gasteiger partial charge on any atom is -0.481 e. The summed E-state index contributed by atoms with van der Waals surface area (Å²) in [5, 5.41) is 19.3. The average molecular weight is 312 g/mol. The molecule has 0 aliphatic heterocycles. The molecule has 0 saturated heterocycles. The maximum absolute atomic E-state index is 10.9. The molecule has 1 aromatic heterocycles. The number of rotatable bonds is 5. The first-order valence-electron chi connectivity index (χ1n) is 6.03. The van der Waals surface area contributed by atoms with Crippen molar-refractivity contribution in [2.45, 2.75) is 16.9 Å². The second kappa shape index (κ2) is 8.28. The van der Waals surface area contributed by atoms with Gasteiger partial charge >= 0.3 is 11.9 Å². The van der Waals surface area contributed by atoms with Crippen LogP contribution in [0, 0.1) is 0 Å². The smallest absolute Gasteiger partial charge is 0.317 e. The zero-order valence-electron chi connectivity index (χ0n) is 11.6. The van der Waals surface area contributed by atoms with E-state index >= 15 is 0 Å². The van der Waals surface area contributed by atoms with Crippen LogP contribution < -0.4 is 5.32 Å². The van der Waals surface area contributed by atoms with Crippen molar-refractivity contribution >= 4 is 34.8 Å². The largest absolute Gasteiger partial charge is 0.481 e. The van der Waals surface area contributed by atoms with Crippen LogP contribution in [0.3, 0.4) is 0 Å². The molecule has 0 aliphatic rings. The topological polar surface area (TPSA) is 113 Å². The fourth-order valence-electron chi connectivity index (χ4n) is 1.36. The van der Waals surface area contributed by atoms with Crippen molar-refractivity contribution in [3.05, 3.63) is 24.3 Å². The summed E-state index contributed by atoms with van der Waals surface area (Å²) < 4.78 is 5.33. The molecule has 21 heavy (non-hydrogen) atoms. The van der Waals surface area contributed by atoms with Crippen molar-refractivity contribution in [1.29, 1.82) is 0 Å². The van der Waals surface area contributed by atoms with E-state index in [4.69, 9.17) is 14.6 Å². The van der Waals surface area contributed by atoms with E-state index in [-0.39, 0.29) is 5.22 Å². The van der Waals surface area contributed by atoms with Crippen LogP contribution in [0.5, 0.6) is 0 Å². The van der Waals surface area contributed by atoms with Crippen molar-refractivity contribution in [3.63, 3.8) is 0 Å². The summed E-state index contributed by atoms with van der Waals surface area (Å²) in [7, 11) is 3.75. The number of carbonyl (C=O) groups is 2. The van der Waals surface area contributed by atoms with Gasteiger partial charge in [-0.25, -0.2) is 4.98 Å². The highest BCUT2D eigenvalue weighted by molar-refractivity contribution is 8.00. The maximum Gasteiger partial charge on any atom is 0.317 e. The Balaban J connectivity index is 0.000000677. The number of thioether (sulfide) groups is 1. The molecule has 0 fully saturated rings. The van der Waals surface area contributed by atoms with Crippen LogP contribution in [-0.2, 0) is 9.59 Å². The Morgan fingerprint density at radius 3 is 2.48 bits per heavy atom. The van der Waals surface area contributed by atoms with E-state index in [2.05, 4.69) is 10.3 Å². The normalized spacial score (nSPS) is 11.5. The molecule has 3 N–H and O–H groups in total. The molecule has 1 atom stereocenters. The number of aromatic nitrogens is 1. The molecule has 1 heterocycles. The molecule has 7 nitrogen and oxygen atoms in total. The van der Waals surface area contributed by atoms with E-state index < -0.39 is 23.6 Å². The van der Waals surface area contributed by atoms with Gasteiger partial charge in [-0.3, -0.25) is 9.59 Å². The van der Waals surface area contributed by atoms with E-state index in [1.165, 1.54) is 0 Å². The Bertz CT molecular complexity index is 580. The number of carboxylic acid groups (broad SMARTS) is 2. The van der Waals surface area contributed by atoms with Crippen LogP contribution in [0.4, 0.5) is 0 Å². The van der Waals surface area contributed by atoms with Gasteiger partial charge in [0.1, 0.15) is 10.8 Å². The highest BCUT2D eigenvalue weighted by atomic mass is 32.2. The Labute approximate surface area is 125 Å². The van der Waals surface area contributed by atoms with Gasteiger partial charge in [-0.15, -0.1) is 0 Å². The van der Waals surface area contributed by atoms with Gasteiger partial charge in [0.15, 0.2) is 5.58 Å². The number of hydrogen-bond donors (Lipinski definition) is 3. The third-order valence-corrected chi connectivity index (χ3v) is 3.18. The van der Waals surface area contributed by atoms with Crippen LogP contribution in [0.15, 0.2) is 33.9 Å². The van der Waals surface area contributed by atoms with Gasteiger partial charge in [-0.2, -0.15) is 0 Å². The van der Waals surface area contributed by atoms with E-state index in [0.29, 0.717) is 11.1 Å². The molecule has 1 unspecified atom stereocenters. The van der Waals surface area contributed by atoms with Crippen molar-refractivity contribution in [2.75, 3.05) is 14.1 Å². The lowest BCUT2D eigenvalue weighted by molar-refractivity contribution is -0.142. The highest BCUT2D eigenvalue weighted by Gasteiger charge is 2.24. The summed E-state index contributed by atoms with van der Waals surface area (Å²) >= 11 is 0.793. The second-order valence-electron chi connectivity index (χ2n) is 3.99. The van der Waals surface area contributed by atoms with Gasteiger partial charge in [0.05, 0.1) is 6.42 Å². The first-order valence-corrected chi connectivity index (χ1v) is 6.91. The third-order valence-electron chi connectivity index (χ3n) is 2.15. The van der Waals surface area contributed by atoms with E-state index in [1.54, 1.807) is 24.3 Å². The monoisotopic (exact) mass is 312 g/mol. The molecular weight excluding hydrogens is 296 g/mol. The molecule has 2 aromatic rings. The molecule has 0 aliphatic carbocycles. The molecule has 0 radical (unpaired) electrons. The minimum absolute atomic E-state index is 0.157. The Kier molecular flexibility index (Phi) is 6.70. The summed E-state index contributed by atoms with van der Waals surface area (Å²) in [6.07, 6.45) is -0.487. The maximum atomic E-state index is 10.9. The summed E-state index contributed by atoms with van der Waals surface area (Å²) in [6, 6.07) is 6.99. The van der Waals surface area contributed by atoms with Crippen LogP contribution in [0.1, 0.15) is 6.42 Å². The zero-order chi connectivity index (χ0) is 15.8. The Hall–Kier alpha value is -2.06. The van der Waals surface area contributed by atoms with Crippen LogP contribution in [0.25, 0.3) is 11.1 Å². The predicted octanol–water partition coefficient (Wildman–Crippen LogP) is 1.68. The van der Waals surface area contributed by atoms with Gasteiger partial charge in [-0.1, -0.05) is 23.9 Å². The molecule has 8 heteroatoms. The van der Waals surface area contributed by atoms with Gasteiger partial charge in [-0.05, 0) is 26.2 Å². The lowest BCUT2D eigenvalue weighted by Gasteiger charge is -2.05. The lowest BCUT2D eigenvalue weighted by Crippen LogP contribution is -2.20. The summed E-state index contributed by atoms with van der Waals surface area (Å²) in [4.78, 5) is 25.5. The summed E-state index contributed by atoms with van der Waals surface area (Å²) in [6.45, 7) is 0. The van der Waals surface area contributed by atoms with Gasteiger partial charge in [0.25, 0.3) is 5.22 Å². The number of carboxylic acids is 2. The Morgan fingerprint density at radius 1 is 1.33 bits per heavy atom.